The Bertz CT molecular complexity index is 2040. The molecule has 0 radical (unpaired) electrons. The van der Waals surface area contributed by atoms with E-state index >= 15 is 0 Å². The molecule has 264 valence electrons. The number of carbonyl (C=O) groups excluding carboxylic acids is 2. The second-order valence-corrected chi connectivity index (χ2v) is 15.5. The quantitative estimate of drug-likeness (QED) is 0.201. The largest absolute Gasteiger partial charge is 0.444 e. The Labute approximate surface area is 296 Å². The second-order valence-electron chi connectivity index (χ2n) is 15.5. The molecule has 1 N–H and O–H groups in total. The molecule has 51 heavy (non-hydrogen) atoms. The molecule has 9 heteroatoms. The third-order valence-corrected chi connectivity index (χ3v) is 10.4. The van der Waals surface area contributed by atoms with Crippen LogP contribution >= 0.6 is 0 Å². The molecule has 2 heterocycles. The first-order valence-corrected chi connectivity index (χ1v) is 17.5. The summed E-state index contributed by atoms with van der Waals surface area (Å²) in [6.45, 7) is 8.12. The summed E-state index contributed by atoms with van der Waals surface area (Å²) in [4.78, 5) is 41.5. The van der Waals surface area contributed by atoms with E-state index < -0.39 is 17.8 Å². The Kier molecular flexibility index (Phi) is 8.72. The van der Waals surface area contributed by atoms with Crippen molar-refractivity contribution in [2.24, 2.45) is 5.41 Å². The Morgan fingerprint density at radius 1 is 0.902 bits per heavy atom. The molecule has 2 saturated carbocycles. The van der Waals surface area contributed by atoms with E-state index in [2.05, 4.69) is 5.32 Å². The van der Waals surface area contributed by atoms with Crippen molar-refractivity contribution < 1.29 is 23.1 Å². The predicted octanol–water partition coefficient (Wildman–Crippen LogP) is 8.44. The van der Waals surface area contributed by atoms with Gasteiger partial charge >= 0.3 is 6.09 Å². The lowest BCUT2D eigenvalue weighted by molar-refractivity contribution is -0.0500. The molecule has 1 aromatic heterocycles. The van der Waals surface area contributed by atoms with Gasteiger partial charge in [0.15, 0.2) is 0 Å². The van der Waals surface area contributed by atoms with E-state index in [4.69, 9.17) is 4.74 Å². The fraction of sp³-hybridized carbons (Fsp3) is 0.357. The van der Waals surface area contributed by atoms with Gasteiger partial charge in [0.2, 0.25) is 0 Å². The number of aromatic nitrogens is 1. The van der Waals surface area contributed by atoms with Crippen LogP contribution in [0.2, 0.25) is 0 Å². The molecule has 2 aliphatic carbocycles. The molecule has 3 aromatic carbocycles. The number of alkyl halides is 1. The Balaban J connectivity index is 1.10. The van der Waals surface area contributed by atoms with Crippen LogP contribution in [0.1, 0.15) is 86.5 Å². The van der Waals surface area contributed by atoms with Crippen molar-refractivity contribution in [3.8, 4) is 11.1 Å². The number of amides is 2. The molecule has 3 aliphatic rings. The Morgan fingerprint density at radius 3 is 2.08 bits per heavy atom. The SMILES string of the molecule is C[C@@H](NC(=O)c1cc(-c2ccccc2)c(=O)n(C2(CF)CC2)c1)c1ccc(C(=C2CC3(C2)CN(C(=O)OC(C)(C)C)C3)c2ccc(F)cc2)cc1. The van der Waals surface area contributed by atoms with Gasteiger partial charge in [-0.05, 0) is 99.4 Å². The van der Waals surface area contributed by atoms with E-state index in [1.54, 1.807) is 23.1 Å². The first kappa shape index (κ1) is 34.4. The van der Waals surface area contributed by atoms with Crippen molar-refractivity contribution in [1.82, 2.24) is 14.8 Å². The van der Waals surface area contributed by atoms with Crippen LogP contribution in [0, 0.1) is 11.2 Å². The van der Waals surface area contributed by atoms with E-state index in [0.717, 1.165) is 35.1 Å². The summed E-state index contributed by atoms with van der Waals surface area (Å²) in [6, 6.07) is 24.9. The number of nitrogens with one attached hydrogen (secondary N) is 1. The number of pyridine rings is 1. The third kappa shape index (κ3) is 6.86. The standard InChI is InChI=1S/C42H43F2N3O4/c1-27(45-37(48)32-20-35(29-8-6-5-7-9-29)38(49)47(23-32)42(24-43)18-19-42)28-10-12-30(13-11-28)36(31-14-16-34(44)17-15-31)33-21-41(22-33)25-46(26-41)39(50)51-40(2,3)4/h5-17,20,23,27H,18-19,21-22,24-26H2,1-4H3,(H,45,48)/t27-/m1/s1. The minimum absolute atomic E-state index is 0.0302. The smallest absolute Gasteiger partial charge is 0.410 e. The Hall–Kier alpha value is -5.05. The van der Waals surface area contributed by atoms with Gasteiger partial charge in [0.05, 0.1) is 17.1 Å². The summed E-state index contributed by atoms with van der Waals surface area (Å²) in [6.07, 6.45) is 3.98. The maximum Gasteiger partial charge on any atom is 0.410 e. The first-order chi connectivity index (χ1) is 24.3. The van der Waals surface area contributed by atoms with Crippen LogP contribution < -0.4 is 10.9 Å². The van der Waals surface area contributed by atoms with Crippen molar-refractivity contribution in [1.29, 1.82) is 0 Å². The number of hydrogen-bond donors (Lipinski definition) is 1. The van der Waals surface area contributed by atoms with Crippen LogP contribution in [-0.4, -0.2) is 46.8 Å². The fourth-order valence-corrected chi connectivity index (χ4v) is 7.43. The maximum atomic E-state index is 14.1. The van der Waals surface area contributed by atoms with Crippen LogP contribution in [0.15, 0.2) is 101 Å². The number of allylic oxidation sites excluding steroid dienone is 1. The lowest BCUT2D eigenvalue weighted by Crippen LogP contribution is -2.62. The van der Waals surface area contributed by atoms with Crippen molar-refractivity contribution in [2.45, 2.75) is 70.6 Å². The molecule has 3 fully saturated rings. The molecule has 1 spiro atoms. The highest BCUT2D eigenvalue weighted by Crippen LogP contribution is 2.55. The normalized spacial score (nSPS) is 17.6. The van der Waals surface area contributed by atoms with Gasteiger partial charge in [0.1, 0.15) is 18.1 Å². The summed E-state index contributed by atoms with van der Waals surface area (Å²) in [5.74, 6) is -0.662. The van der Waals surface area contributed by atoms with Gasteiger partial charge in [-0.15, -0.1) is 0 Å². The van der Waals surface area contributed by atoms with E-state index in [1.807, 2.05) is 82.3 Å². The van der Waals surface area contributed by atoms with Gasteiger partial charge in [0, 0.05) is 30.3 Å². The van der Waals surface area contributed by atoms with Gasteiger partial charge in [-0.25, -0.2) is 13.6 Å². The molecule has 1 atom stereocenters. The maximum absolute atomic E-state index is 14.1. The third-order valence-electron chi connectivity index (χ3n) is 10.4. The van der Waals surface area contributed by atoms with Crippen LogP contribution in [0.4, 0.5) is 13.6 Å². The number of hydrogen-bond acceptors (Lipinski definition) is 4. The zero-order valence-corrected chi connectivity index (χ0v) is 29.5. The monoisotopic (exact) mass is 691 g/mol. The first-order valence-electron chi connectivity index (χ1n) is 17.5. The number of nitrogens with zero attached hydrogens (tertiary/aromatic N) is 2. The Morgan fingerprint density at radius 2 is 1.51 bits per heavy atom. The lowest BCUT2D eigenvalue weighted by Gasteiger charge is -2.57. The van der Waals surface area contributed by atoms with E-state index in [0.29, 0.717) is 42.6 Å². The van der Waals surface area contributed by atoms with Gasteiger partial charge in [-0.1, -0.05) is 72.3 Å². The average molecular weight is 692 g/mol. The highest BCUT2D eigenvalue weighted by molar-refractivity contribution is 5.95. The van der Waals surface area contributed by atoms with Crippen molar-refractivity contribution in [3.63, 3.8) is 0 Å². The molecule has 1 saturated heterocycles. The molecule has 7 rings (SSSR count). The predicted molar refractivity (Wildman–Crippen MR) is 194 cm³/mol. The summed E-state index contributed by atoms with van der Waals surface area (Å²) >= 11 is 0. The minimum Gasteiger partial charge on any atom is -0.444 e. The molecule has 4 aromatic rings. The summed E-state index contributed by atoms with van der Waals surface area (Å²) < 4.78 is 35.0. The van der Waals surface area contributed by atoms with Crippen molar-refractivity contribution in [3.05, 3.63) is 135 Å². The zero-order valence-electron chi connectivity index (χ0n) is 29.5. The number of likely N-dealkylation sites (tertiary alicyclic amines) is 1. The number of benzene rings is 3. The molecule has 0 unspecified atom stereocenters. The average Bonchev–Trinajstić information content (AvgIpc) is 3.87. The topological polar surface area (TPSA) is 80.6 Å². The summed E-state index contributed by atoms with van der Waals surface area (Å²) in [5, 5.41) is 3.07. The molecule has 0 bridgehead atoms. The van der Waals surface area contributed by atoms with Crippen molar-refractivity contribution in [2.75, 3.05) is 19.8 Å². The zero-order chi connectivity index (χ0) is 36.1. The van der Waals surface area contributed by atoms with Gasteiger partial charge in [-0.3, -0.25) is 9.59 Å². The molecule has 2 amide bonds. The number of carbonyl (C=O) groups is 2. The summed E-state index contributed by atoms with van der Waals surface area (Å²) in [7, 11) is 0. The molecular formula is C42H43F2N3O4. The van der Waals surface area contributed by atoms with Gasteiger partial charge in [-0.2, -0.15) is 0 Å². The lowest BCUT2D eigenvalue weighted by atomic mass is 9.59. The van der Waals surface area contributed by atoms with Crippen molar-refractivity contribution >= 4 is 17.6 Å². The second kappa shape index (κ2) is 12.9. The van der Waals surface area contributed by atoms with E-state index in [9.17, 15) is 23.2 Å². The number of halogens is 2. The fourth-order valence-electron chi connectivity index (χ4n) is 7.43. The minimum atomic E-state index is -0.898. The molecular weight excluding hydrogens is 648 g/mol. The van der Waals surface area contributed by atoms with Gasteiger partial charge < -0.3 is 19.5 Å². The molecule has 1 aliphatic heterocycles. The van der Waals surface area contributed by atoms with E-state index in [1.165, 1.54) is 28.5 Å². The molecule has 7 nitrogen and oxygen atoms in total. The highest BCUT2D eigenvalue weighted by atomic mass is 19.1. The van der Waals surface area contributed by atoms with E-state index in [-0.39, 0.29) is 34.8 Å². The van der Waals surface area contributed by atoms with Crippen LogP contribution in [0.25, 0.3) is 16.7 Å². The summed E-state index contributed by atoms with van der Waals surface area (Å²) in [5.41, 5.74) is 4.70. The number of ether oxygens (including phenoxy) is 1. The van der Waals surface area contributed by atoms with Crippen LogP contribution in [0.3, 0.4) is 0 Å². The number of rotatable bonds is 8. The van der Waals surface area contributed by atoms with Gasteiger partial charge in [0.25, 0.3) is 11.5 Å². The highest BCUT2D eigenvalue weighted by Gasteiger charge is 2.53. The van der Waals surface area contributed by atoms with Crippen LogP contribution in [0.5, 0.6) is 0 Å². The van der Waals surface area contributed by atoms with Crippen LogP contribution in [-0.2, 0) is 10.3 Å².